The molecule has 1 amide bonds. The number of hydrogen-bond donors (Lipinski definition) is 1. The first-order chi connectivity index (χ1) is 12.8. The third-order valence-corrected chi connectivity index (χ3v) is 5.79. The van der Waals surface area contributed by atoms with Crippen LogP contribution in [0.15, 0.2) is 35.4 Å². The molecule has 1 unspecified atom stereocenters. The van der Waals surface area contributed by atoms with Crippen LogP contribution in [0.4, 0.5) is 5.69 Å². The highest BCUT2D eigenvalue weighted by atomic mass is 32.1. The van der Waals surface area contributed by atoms with Crippen molar-refractivity contribution in [2.24, 2.45) is 0 Å². The van der Waals surface area contributed by atoms with Crippen LogP contribution in [0.25, 0.3) is 10.2 Å². The molecule has 0 saturated heterocycles. The molecule has 0 aliphatic carbocycles. The van der Waals surface area contributed by atoms with E-state index in [0.29, 0.717) is 27.9 Å². The number of benzene rings is 1. The Morgan fingerprint density at radius 2 is 2.04 bits per heavy atom. The summed E-state index contributed by atoms with van der Waals surface area (Å²) in [4.78, 5) is 43.4. The standard InChI is InChI=1S/C20H21N3O3S/c1-5-16(18(25)22-15-8-6-7-14(9-15)12(3)24)23-10-21-19-17(20(23)26)11(2)13(4)27-19/h6-10,16H,5H2,1-4H3,(H,22,25). The number of aromatic nitrogens is 2. The van der Waals surface area contributed by atoms with Gasteiger partial charge >= 0.3 is 0 Å². The van der Waals surface area contributed by atoms with Crippen LogP contribution in [0.2, 0.25) is 0 Å². The number of anilines is 1. The van der Waals surface area contributed by atoms with Crippen LogP contribution < -0.4 is 10.9 Å². The van der Waals surface area contributed by atoms with Gasteiger partial charge in [0.25, 0.3) is 5.56 Å². The first-order valence-electron chi connectivity index (χ1n) is 8.72. The predicted molar refractivity (Wildman–Crippen MR) is 108 cm³/mol. The van der Waals surface area contributed by atoms with Gasteiger partial charge in [-0.1, -0.05) is 19.1 Å². The molecular weight excluding hydrogens is 362 g/mol. The molecule has 0 aliphatic rings. The van der Waals surface area contributed by atoms with Gasteiger partial charge in [-0.3, -0.25) is 19.0 Å². The first kappa shape index (κ1) is 19.0. The molecular formula is C20H21N3O3S. The molecule has 0 bridgehead atoms. The maximum Gasteiger partial charge on any atom is 0.263 e. The van der Waals surface area contributed by atoms with Crippen molar-refractivity contribution in [2.45, 2.75) is 40.2 Å². The fourth-order valence-corrected chi connectivity index (χ4v) is 4.01. The van der Waals surface area contributed by atoms with Crippen LogP contribution in [0, 0.1) is 13.8 Å². The van der Waals surface area contributed by atoms with Gasteiger partial charge in [0, 0.05) is 16.1 Å². The van der Waals surface area contributed by atoms with E-state index in [9.17, 15) is 14.4 Å². The molecule has 3 rings (SSSR count). The van der Waals surface area contributed by atoms with Gasteiger partial charge in [-0.05, 0) is 44.9 Å². The Kier molecular flexibility index (Phi) is 5.23. The summed E-state index contributed by atoms with van der Waals surface area (Å²) in [5.74, 6) is -0.390. The molecule has 3 aromatic rings. The summed E-state index contributed by atoms with van der Waals surface area (Å²) < 4.78 is 1.39. The van der Waals surface area contributed by atoms with Gasteiger partial charge < -0.3 is 5.32 Å². The molecule has 27 heavy (non-hydrogen) atoms. The topological polar surface area (TPSA) is 81.1 Å². The van der Waals surface area contributed by atoms with Crippen molar-refractivity contribution in [3.05, 3.63) is 57.0 Å². The van der Waals surface area contributed by atoms with Crippen molar-refractivity contribution < 1.29 is 9.59 Å². The van der Waals surface area contributed by atoms with Gasteiger partial charge in [0.05, 0.1) is 11.7 Å². The third-order valence-electron chi connectivity index (χ3n) is 4.68. The number of nitrogens with zero attached hydrogens (tertiary/aromatic N) is 2. The Hall–Kier alpha value is -2.80. The Balaban J connectivity index is 1.96. The Bertz CT molecular complexity index is 1100. The van der Waals surface area contributed by atoms with Crippen molar-refractivity contribution in [1.29, 1.82) is 0 Å². The average molecular weight is 383 g/mol. The number of Topliss-reactive ketones (excluding diaryl/α,β-unsaturated/α-hetero) is 1. The van der Waals surface area contributed by atoms with Gasteiger partial charge in [-0.25, -0.2) is 4.98 Å². The minimum absolute atomic E-state index is 0.0766. The van der Waals surface area contributed by atoms with E-state index in [1.165, 1.54) is 29.2 Å². The quantitative estimate of drug-likeness (QED) is 0.678. The van der Waals surface area contributed by atoms with E-state index in [0.717, 1.165) is 10.4 Å². The van der Waals surface area contributed by atoms with E-state index in [-0.39, 0.29) is 17.2 Å². The normalized spacial score (nSPS) is 12.1. The van der Waals surface area contributed by atoms with Crippen molar-refractivity contribution in [1.82, 2.24) is 9.55 Å². The minimum atomic E-state index is -0.685. The smallest absolute Gasteiger partial charge is 0.263 e. The number of hydrogen-bond acceptors (Lipinski definition) is 5. The number of fused-ring (bicyclic) bond motifs is 1. The molecule has 2 heterocycles. The highest BCUT2D eigenvalue weighted by molar-refractivity contribution is 7.18. The number of carbonyl (C=O) groups is 2. The van der Waals surface area contributed by atoms with E-state index in [4.69, 9.17) is 0 Å². The van der Waals surface area contributed by atoms with Gasteiger partial charge in [-0.2, -0.15) is 0 Å². The second-order valence-corrected chi connectivity index (χ2v) is 7.67. The molecule has 2 aromatic heterocycles. The minimum Gasteiger partial charge on any atom is -0.324 e. The fourth-order valence-electron chi connectivity index (χ4n) is 3.02. The number of aryl methyl sites for hydroxylation is 2. The molecule has 0 fully saturated rings. The lowest BCUT2D eigenvalue weighted by Crippen LogP contribution is -2.33. The summed E-state index contributed by atoms with van der Waals surface area (Å²) >= 11 is 1.48. The summed E-state index contributed by atoms with van der Waals surface area (Å²) in [6.45, 7) is 7.17. The maximum atomic E-state index is 13.0. The predicted octanol–water partition coefficient (Wildman–Crippen LogP) is 3.87. The highest BCUT2D eigenvalue weighted by Gasteiger charge is 2.22. The number of ketones is 1. The number of nitrogens with one attached hydrogen (secondary N) is 1. The number of thiophene rings is 1. The third kappa shape index (κ3) is 3.55. The van der Waals surface area contributed by atoms with Gasteiger partial charge in [0.1, 0.15) is 10.9 Å². The van der Waals surface area contributed by atoms with Crippen LogP contribution in [-0.4, -0.2) is 21.2 Å². The van der Waals surface area contributed by atoms with Crippen molar-refractivity contribution >= 4 is 38.9 Å². The monoisotopic (exact) mass is 383 g/mol. The van der Waals surface area contributed by atoms with Crippen molar-refractivity contribution in [3.8, 4) is 0 Å². The zero-order valence-electron chi connectivity index (χ0n) is 15.7. The van der Waals surface area contributed by atoms with Crippen LogP contribution in [0.5, 0.6) is 0 Å². The van der Waals surface area contributed by atoms with Gasteiger partial charge in [0.2, 0.25) is 5.91 Å². The lowest BCUT2D eigenvalue weighted by molar-refractivity contribution is -0.119. The van der Waals surface area contributed by atoms with Crippen LogP contribution in [0.1, 0.15) is 47.1 Å². The van der Waals surface area contributed by atoms with E-state index < -0.39 is 6.04 Å². The fraction of sp³-hybridized carbons (Fsp3) is 0.300. The van der Waals surface area contributed by atoms with Gasteiger partial charge in [0.15, 0.2) is 5.78 Å². The lowest BCUT2D eigenvalue weighted by atomic mass is 10.1. The molecule has 0 saturated carbocycles. The number of rotatable bonds is 5. The summed E-state index contributed by atoms with van der Waals surface area (Å²) in [5.41, 5.74) is 1.74. The average Bonchev–Trinajstić information content (AvgIpc) is 2.92. The second kappa shape index (κ2) is 7.44. The Labute approximate surface area is 160 Å². The molecule has 1 atom stereocenters. The summed E-state index contributed by atoms with van der Waals surface area (Å²) in [6, 6.07) is 6.07. The van der Waals surface area contributed by atoms with Crippen LogP contribution in [0.3, 0.4) is 0 Å². The van der Waals surface area contributed by atoms with E-state index >= 15 is 0 Å². The SMILES string of the molecule is CCC(C(=O)Nc1cccc(C(C)=O)c1)n1cnc2sc(C)c(C)c2c1=O. The number of carbonyl (C=O) groups excluding carboxylic acids is 2. The Morgan fingerprint density at radius 1 is 1.30 bits per heavy atom. The zero-order valence-corrected chi connectivity index (χ0v) is 16.5. The molecule has 0 aliphatic heterocycles. The lowest BCUT2D eigenvalue weighted by Gasteiger charge is -2.18. The van der Waals surface area contributed by atoms with Gasteiger partial charge in [-0.15, -0.1) is 11.3 Å². The largest absolute Gasteiger partial charge is 0.324 e. The molecule has 140 valence electrons. The Morgan fingerprint density at radius 3 is 2.70 bits per heavy atom. The van der Waals surface area contributed by atoms with Crippen LogP contribution >= 0.6 is 11.3 Å². The first-order valence-corrected chi connectivity index (χ1v) is 9.53. The zero-order chi connectivity index (χ0) is 19.7. The molecule has 0 spiro atoms. The highest BCUT2D eigenvalue weighted by Crippen LogP contribution is 2.26. The van der Waals surface area contributed by atoms with E-state index in [2.05, 4.69) is 10.3 Å². The van der Waals surface area contributed by atoms with Crippen molar-refractivity contribution in [2.75, 3.05) is 5.32 Å². The van der Waals surface area contributed by atoms with E-state index in [1.54, 1.807) is 24.3 Å². The van der Waals surface area contributed by atoms with Crippen molar-refractivity contribution in [3.63, 3.8) is 0 Å². The molecule has 1 N–H and O–H groups in total. The van der Waals surface area contributed by atoms with E-state index in [1.807, 2.05) is 20.8 Å². The maximum absolute atomic E-state index is 13.0. The molecule has 1 aromatic carbocycles. The molecule has 0 radical (unpaired) electrons. The summed E-state index contributed by atoms with van der Waals surface area (Å²) in [6.07, 6.45) is 1.88. The second-order valence-electron chi connectivity index (χ2n) is 6.47. The summed E-state index contributed by atoms with van der Waals surface area (Å²) in [7, 11) is 0. The molecule has 7 heteroatoms. The number of amides is 1. The summed E-state index contributed by atoms with van der Waals surface area (Å²) in [5, 5.41) is 3.38. The van der Waals surface area contributed by atoms with Crippen LogP contribution in [-0.2, 0) is 4.79 Å². The molecule has 6 nitrogen and oxygen atoms in total.